The highest BCUT2D eigenvalue weighted by atomic mass is 16.3. The number of imidazole rings is 1. The number of aliphatic hydroxyl groups is 1. The molecule has 0 radical (unpaired) electrons. The first kappa shape index (κ1) is 13.3. The van der Waals surface area contributed by atoms with Crippen molar-refractivity contribution >= 4 is 0 Å². The molecule has 1 aromatic heterocycles. The summed E-state index contributed by atoms with van der Waals surface area (Å²) in [5.41, 5.74) is 2.34. The third-order valence-corrected chi connectivity index (χ3v) is 3.99. The second kappa shape index (κ2) is 5.77. The van der Waals surface area contributed by atoms with Gasteiger partial charge in [0.1, 0.15) is 0 Å². The standard InChI is InChI=1S/C16H21N3O/c1-12(18-10-16(20)14-2-3-14)13-4-6-15(7-5-13)19-9-8-17-11-19/h4-9,11-12,14,16,18,20H,2-3,10H2,1H3. The highest BCUT2D eigenvalue weighted by Crippen LogP contribution is 2.32. The summed E-state index contributed by atoms with van der Waals surface area (Å²) >= 11 is 0. The lowest BCUT2D eigenvalue weighted by molar-refractivity contribution is 0.145. The van der Waals surface area contributed by atoms with Gasteiger partial charge in [-0.1, -0.05) is 12.1 Å². The van der Waals surface area contributed by atoms with Crippen LogP contribution in [0.3, 0.4) is 0 Å². The molecule has 1 aromatic carbocycles. The minimum Gasteiger partial charge on any atom is -0.392 e. The number of aliphatic hydroxyl groups excluding tert-OH is 1. The SMILES string of the molecule is CC(NCC(O)C1CC1)c1ccc(-n2ccnc2)cc1. The maximum atomic E-state index is 9.88. The van der Waals surface area contributed by atoms with E-state index in [1.807, 2.05) is 10.8 Å². The van der Waals surface area contributed by atoms with E-state index in [0.717, 1.165) is 5.69 Å². The lowest BCUT2D eigenvalue weighted by Crippen LogP contribution is -2.30. The van der Waals surface area contributed by atoms with E-state index < -0.39 is 0 Å². The molecule has 2 aromatic rings. The number of nitrogens with zero attached hydrogens (tertiary/aromatic N) is 2. The fourth-order valence-corrected chi connectivity index (χ4v) is 2.41. The van der Waals surface area contributed by atoms with Gasteiger partial charge in [0, 0.05) is 30.7 Å². The average molecular weight is 271 g/mol. The molecule has 3 rings (SSSR count). The lowest BCUT2D eigenvalue weighted by atomic mass is 10.1. The lowest BCUT2D eigenvalue weighted by Gasteiger charge is -2.17. The Bertz CT molecular complexity index is 531. The highest BCUT2D eigenvalue weighted by molar-refractivity contribution is 5.35. The van der Waals surface area contributed by atoms with Crippen molar-refractivity contribution in [1.82, 2.24) is 14.9 Å². The maximum Gasteiger partial charge on any atom is 0.0991 e. The van der Waals surface area contributed by atoms with Gasteiger partial charge in [0.05, 0.1) is 12.4 Å². The highest BCUT2D eigenvalue weighted by Gasteiger charge is 2.29. The van der Waals surface area contributed by atoms with Crippen LogP contribution in [0.25, 0.3) is 5.69 Å². The normalized spacial score (nSPS) is 17.9. The Hall–Kier alpha value is -1.65. The Morgan fingerprint density at radius 2 is 2.10 bits per heavy atom. The fraction of sp³-hybridized carbons (Fsp3) is 0.438. The predicted molar refractivity (Wildman–Crippen MR) is 78.7 cm³/mol. The van der Waals surface area contributed by atoms with E-state index >= 15 is 0 Å². The van der Waals surface area contributed by atoms with Gasteiger partial charge in [-0.05, 0) is 43.4 Å². The van der Waals surface area contributed by atoms with Crippen molar-refractivity contribution in [2.24, 2.45) is 5.92 Å². The van der Waals surface area contributed by atoms with Gasteiger partial charge in [-0.2, -0.15) is 0 Å². The summed E-state index contributed by atoms with van der Waals surface area (Å²) in [5, 5.41) is 13.3. The molecule has 0 saturated heterocycles. The molecule has 1 aliphatic rings. The average Bonchev–Trinajstić information content (AvgIpc) is 3.19. The quantitative estimate of drug-likeness (QED) is 0.847. The number of rotatable bonds is 6. The van der Waals surface area contributed by atoms with Crippen LogP contribution in [-0.2, 0) is 0 Å². The molecule has 1 heterocycles. The predicted octanol–water partition coefficient (Wildman–Crippen LogP) is 2.29. The molecule has 1 saturated carbocycles. The molecule has 0 spiro atoms. The molecule has 0 bridgehead atoms. The molecule has 4 nitrogen and oxygen atoms in total. The van der Waals surface area contributed by atoms with Crippen LogP contribution in [0.5, 0.6) is 0 Å². The summed E-state index contributed by atoms with van der Waals surface area (Å²) in [6.07, 6.45) is 7.67. The summed E-state index contributed by atoms with van der Waals surface area (Å²) in [4.78, 5) is 4.05. The Labute approximate surface area is 119 Å². The summed E-state index contributed by atoms with van der Waals surface area (Å²) in [7, 11) is 0. The van der Waals surface area contributed by atoms with Gasteiger partial charge in [-0.3, -0.25) is 0 Å². The molecule has 106 valence electrons. The molecule has 2 unspecified atom stereocenters. The number of aromatic nitrogens is 2. The molecule has 1 fully saturated rings. The van der Waals surface area contributed by atoms with E-state index in [4.69, 9.17) is 0 Å². The van der Waals surface area contributed by atoms with Crippen molar-refractivity contribution < 1.29 is 5.11 Å². The second-order valence-electron chi connectivity index (χ2n) is 5.60. The monoisotopic (exact) mass is 271 g/mol. The number of hydrogen-bond acceptors (Lipinski definition) is 3. The number of hydrogen-bond donors (Lipinski definition) is 2. The van der Waals surface area contributed by atoms with Crippen LogP contribution in [0.2, 0.25) is 0 Å². The van der Waals surface area contributed by atoms with Crippen LogP contribution >= 0.6 is 0 Å². The van der Waals surface area contributed by atoms with Crippen LogP contribution in [0, 0.1) is 5.92 Å². The van der Waals surface area contributed by atoms with E-state index in [-0.39, 0.29) is 12.1 Å². The van der Waals surface area contributed by atoms with Crippen LogP contribution in [0.15, 0.2) is 43.0 Å². The van der Waals surface area contributed by atoms with E-state index in [9.17, 15) is 5.11 Å². The van der Waals surface area contributed by atoms with Gasteiger partial charge in [-0.15, -0.1) is 0 Å². The third kappa shape index (κ3) is 3.08. The van der Waals surface area contributed by atoms with Crippen LogP contribution in [-0.4, -0.2) is 27.3 Å². The maximum absolute atomic E-state index is 9.88. The summed E-state index contributed by atoms with van der Waals surface area (Å²) in [6.45, 7) is 2.81. The van der Waals surface area contributed by atoms with Crippen LogP contribution in [0.1, 0.15) is 31.4 Å². The topological polar surface area (TPSA) is 50.1 Å². The van der Waals surface area contributed by atoms with Gasteiger partial charge in [-0.25, -0.2) is 4.98 Å². The first-order valence-corrected chi connectivity index (χ1v) is 7.24. The van der Waals surface area contributed by atoms with Crippen molar-refractivity contribution in [3.8, 4) is 5.69 Å². The molecular weight excluding hydrogens is 250 g/mol. The summed E-state index contributed by atoms with van der Waals surface area (Å²) in [6, 6.07) is 8.67. The molecule has 0 amide bonds. The summed E-state index contributed by atoms with van der Waals surface area (Å²) < 4.78 is 1.98. The zero-order valence-electron chi connectivity index (χ0n) is 11.7. The smallest absolute Gasteiger partial charge is 0.0991 e. The molecule has 0 aliphatic heterocycles. The van der Waals surface area contributed by atoms with Gasteiger partial charge in [0.15, 0.2) is 0 Å². The van der Waals surface area contributed by atoms with Gasteiger partial charge < -0.3 is 15.0 Å². The van der Waals surface area contributed by atoms with Crippen LogP contribution < -0.4 is 5.32 Å². The van der Waals surface area contributed by atoms with Crippen molar-refractivity contribution in [3.05, 3.63) is 48.5 Å². The Morgan fingerprint density at radius 3 is 2.70 bits per heavy atom. The molecule has 4 heteroatoms. The minimum atomic E-state index is -0.192. The largest absolute Gasteiger partial charge is 0.392 e. The van der Waals surface area contributed by atoms with Gasteiger partial charge in [0.2, 0.25) is 0 Å². The van der Waals surface area contributed by atoms with Gasteiger partial charge >= 0.3 is 0 Å². The van der Waals surface area contributed by atoms with Crippen molar-refractivity contribution in [2.45, 2.75) is 31.9 Å². The summed E-state index contributed by atoms with van der Waals surface area (Å²) in [5.74, 6) is 0.526. The first-order chi connectivity index (χ1) is 9.74. The third-order valence-electron chi connectivity index (χ3n) is 3.99. The second-order valence-corrected chi connectivity index (χ2v) is 5.60. The molecule has 20 heavy (non-hydrogen) atoms. The van der Waals surface area contributed by atoms with E-state index in [1.165, 1.54) is 18.4 Å². The molecule has 2 atom stereocenters. The van der Waals surface area contributed by atoms with Crippen molar-refractivity contribution in [3.63, 3.8) is 0 Å². The van der Waals surface area contributed by atoms with E-state index in [2.05, 4.69) is 41.5 Å². The van der Waals surface area contributed by atoms with Crippen molar-refractivity contribution in [1.29, 1.82) is 0 Å². The molecule has 1 aliphatic carbocycles. The Kier molecular flexibility index (Phi) is 3.85. The zero-order chi connectivity index (χ0) is 13.9. The zero-order valence-corrected chi connectivity index (χ0v) is 11.7. The van der Waals surface area contributed by atoms with Crippen LogP contribution in [0.4, 0.5) is 0 Å². The number of benzene rings is 1. The first-order valence-electron chi connectivity index (χ1n) is 7.24. The van der Waals surface area contributed by atoms with Crippen molar-refractivity contribution in [2.75, 3.05) is 6.54 Å². The minimum absolute atomic E-state index is 0.192. The molecular formula is C16H21N3O. The van der Waals surface area contributed by atoms with E-state index in [0.29, 0.717) is 12.5 Å². The Morgan fingerprint density at radius 1 is 1.35 bits per heavy atom. The fourth-order valence-electron chi connectivity index (χ4n) is 2.41. The van der Waals surface area contributed by atoms with Gasteiger partial charge in [0.25, 0.3) is 0 Å². The molecule has 2 N–H and O–H groups in total. The number of nitrogens with one attached hydrogen (secondary N) is 1. The van der Waals surface area contributed by atoms with E-state index in [1.54, 1.807) is 12.5 Å². The Balaban J connectivity index is 1.58.